The number of pyridine rings is 1. The van der Waals surface area contributed by atoms with Gasteiger partial charge >= 0.3 is 0 Å². The highest BCUT2D eigenvalue weighted by molar-refractivity contribution is 5.16. The van der Waals surface area contributed by atoms with Crippen molar-refractivity contribution in [2.75, 3.05) is 13.2 Å². The van der Waals surface area contributed by atoms with Crippen LogP contribution in [0.3, 0.4) is 0 Å². The molecule has 1 aromatic heterocycles. The van der Waals surface area contributed by atoms with E-state index in [-0.39, 0.29) is 5.54 Å². The first-order chi connectivity index (χ1) is 6.29. The van der Waals surface area contributed by atoms with Crippen LogP contribution in [-0.4, -0.2) is 23.7 Å². The molecule has 2 rings (SSSR count). The van der Waals surface area contributed by atoms with Crippen molar-refractivity contribution < 1.29 is 4.74 Å². The van der Waals surface area contributed by atoms with Crippen LogP contribution in [0.2, 0.25) is 0 Å². The molecule has 1 aliphatic heterocycles. The van der Waals surface area contributed by atoms with Crippen LogP contribution in [0.1, 0.15) is 13.3 Å². The van der Waals surface area contributed by atoms with Gasteiger partial charge in [-0.1, -0.05) is 0 Å². The fraction of sp³-hybridized carbons (Fsp3) is 0.500. The van der Waals surface area contributed by atoms with Crippen molar-refractivity contribution in [1.82, 2.24) is 10.3 Å². The second-order valence-corrected chi connectivity index (χ2v) is 3.71. The Hall–Kier alpha value is -1.09. The second kappa shape index (κ2) is 3.34. The number of nitrogens with zero attached hydrogens (tertiary/aromatic N) is 1. The van der Waals surface area contributed by atoms with Gasteiger partial charge < -0.3 is 10.1 Å². The molecule has 0 aromatic carbocycles. The van der Waals surface area contributed by atoms with Crippen LogP contribution < -0.4 is 10.1 Å². The molecule has 3 heteroatoms. The van der Waals surface area contributed by atoms with Gasteiger partial charge in [-0.05, 0) is 32.0 Å². The molecule has 0 saturated carbocycles. The lowest BCUT2D eigenvalue weighted by Gasteiger charge is -2.39. The zero-order valence-electron chi connectivity index (χ0n) is 7.79. The quantitative estimate of drug-likeness (QED) is 0.755. The number of rotatable bonds is 3. The number of hydrogen-bond acceptors (Lipinski definition) is 3. The zero-order valence-corrected chi connectivity index (χ0v) is 7.79. The Labute approximate surface area is 78.1 Å². The first-order valence-corrected chi connectivity index (χ1v) is 4.56. The van der Waals surface area contributed by atoms with Crippen molar-refractivity contribution in [3.8, 4) is 5.75 Å². The van der Waals surface area contributed by atoms with Gasteiger partial charge in [-0.25, -0.2) is 0 Å². The summed E-state index contributed by atoms with van der Waals surface area (Å²) in [7, 11) is 0. The second-order valence-electron chi connectivity index (χ2n) is 3.71. The van der Waals surface area contributed by atoms with Crippen molar-refractivity contribution in [2.24, 2.45) is 0 Å². The molecule has 0 unspecified atom stereocenters. The van der Waals surface area contributed by atoms with Gasteiger partial charge in [0.15, 0.2) is 0 Å². The Kier molecular flexibility index (Phi) is 2.19. The minimum atomic E-state index is 0.176. The average molecular weight is 178 g/mol. The summed E-state index contributed by atoms with van der Waals surface area (Å²) >= 11 is 0. The van der Waals surface area contributed by atoms with Gasteiger partial charge in [0, 0.05) is 6.20 Å². The van der Waals surface area contributed by atoms with Gasteiger partial charge in [-0.2, -0.15) is 0 Å². The van der Waals surface area contributed by atoms with E-state index < -0.39 is 0 Å². The topological polar surface area (TPSA) is 34.1 Å². The maximum atomic E-state index is 5.59. The van der Waals surface area contributed by atoms with Crippen LogP contribution in [0, 0.1) is 0 Å². The third kappa shape index (κ3) is 1.98. The SMILES string of the molecule is C[C@@]1(COc2cccnc2)CCN1. The monoisotopic (exact) mass is 178 g/mol. The van der Waals surface area contributed by atoms with Gasteiger partial charge in [0.1, 0.15) is 12.4 Å². The number of hydrogen-bond donors (Lipinski definition) is 1. The molecule has 3 nitrogen and oxygen atoms in total. The van der Waals surface area contributed by atoms with Gasteiger partial charge in [-0.15, -0.1) is 0 Å². The van der Waals surface area contributed by atoms with Crippen molar-refractivity contribution >= 4 is 0 Å². The normalized spacial score (nSPS) is 26.5. The van der Waals surface area contributed by atoms with Crippen LogP contribution in [0.15, 0.2) is 24.5 Å². The molecule has 2 heterocycles. The summed E-state index contributed by atoms with van der Waals surface area (Å²) in [5, 5.41) is 3.35. The third-order valence-electron chi connectivity index (χ3n) is 2.42. The third-order valence-corrected chi connectivity index (χ3v) is 2.42. The lowest BCUT2D eigenvalue weighted by Crippen LogP contribution is -2.58. The number of aromatic nitrogens is 1. The predicted octanol–water partition coefficient (Wildman–Crippen LogP) is 1.21. The van der Waals surface area contributed by atoms with Gasteiger partial charge in [0.25, 0.3) is 0 Å². The highest BCUT2D eigenvalue weighted by atomic mass is 16.5. The van der Waals surface area contributed by atoms with E-state index in [2.05, 4.69) is 17.2 Å². The first-order valence-electron chi connectivity index (χ1n) is 4.56. The van der Waals surface area contributed by atoms with Gasteiger partial charge in [0.2, 0.25) is 0 Å². The van der Waals surface area contributed by atoms with Crippen LogP contribution in [0.4, 0.5) is 0 Å². The van der Waals surface area contributed by atoms with E-state index in [1.54, 1.807) is 12.4 Å². The van der Waals surface area contributed by atoms with Crippen LogP contribution >= 0.6 is 0 Å². The smallest absolute Gasteiger partial charge is 0.137 e. The standard InChI is InChI=1S/C10H14N2O/c1-10(4-6-12-10)8-13-9-3-2-5-11-7-9/h2-3,5,7,12H,4,6,8H2,1H3/t10-/m0/s1. The Morgan fingerprint density at radius 1 is 1.69 bits per heavy atom. The molecule has 1 N–H and O–H groups in total. The molecule has 13 heavy (non-hydrogen) atoms. The Bertz CT molecular complexity index is 270. The minimum absolute atomic E-state index is 0.176. The average Bonchev–Trinajstić information content (AvgIpc) is 2.13. The van der Waals surface area contributed by atoms with Crippen molar-refractivity contribution in [1.29, 1.82) is 0 Å². The van der Waals surface area contributed by atoms with E-state index in [4.69, 9.17) is 4.74 Å². The first kappa shape index (κ1) is 8.51. The Morgan fingerprint density at radius 2 is 2.54 bits per heavy atom. The van der Waals surface area contributed by atoms with E-state index in [1.165, 1.54) is 6.42 Å². The summed E-state index contributed by atoms with van der Waals surface area (Å²) in [5.41, 5.74) is 0.176. The van der Waals surface area contributed by atoms with E-state index in [9.17, 15) is 0 Å². The minimum Gasteiger partial charge on any atom is -0.490 e. The summed E-state index contributed by atoms with van der Waals surface area (Å²) in [4.78, 5) is 3.98. The van der Waals surface area contributed by atoms with Crippen LogP contribution in [-0.2, 0) is 0 Å². The summed E-state index contributed by atoms with van der Waals surface area (Å²) in [6.45, 7) is 4.00. The van der Waals surface area contributed by atoms with Crippen LogP contribution in [0.25, 0.3) is 0 Å². The molecule has 0 radical (unpaired) electrons. The molecule has 1 fully saturated rings. The van der Waals surface area contributed by atoms with Crippen LogP contribution in [0.5, 0.6) is 5.75 Å². The van der Waals surface area contributed by atoms with E-state index >= 15 is 0 Å². The van der Waals surface area contributed by atoms with E-state index in [0.29, 0.717) is 0 Å². The van der Waals surface area contributed by atoms with E-state index in [0.717, 1.165) is 18.9 Å². The molecular weight excluding hydrogens is 164 g/mol. The Morgan fingerprint density at radius 3 is 3.08 bits per heavy atom. The lowest BCUT2D eigenvalue weighted by molar-refractivity contribution is 0.132. The van der Waals surface area contributed by atoms with E-state index in [1.807, 2.05) is 12.1 Å². The Balaban J connectivity index is 1.86. The molecule has 0 bridgehead atoms. The number of nitrogens with one attached hydrogen (secondary N) is 1. The fourth-order valence-corrected chi connectivity index (χ4v) is 1.35. The lowest BCUT2D eigenvalue weighted by atomic mass is 9.91. The molecule has 1 saturated heterocycles. The molecule has 70 valence electrons. The van der Waals surface area contributed by atoms with Crippen molar-refractivity contribution in [3.63, 3.8) is 0 Å². The molecule has 1 atom stereocenters. The molecule has 0 aliphatic carbocycles. The largest absolute Gasteiger partial charge is 0.490 e. The summed E-state index contributed by atoms with van der Waals surface area (Å²) in [6, 6.07) is 3.81. The number of ether oxygens (including phenoxy) is 1. The van der Waals surface area contributed by atoms with Gasteiger partial charge in [-0.3, -0.25) is 4.98 Å². The van der Waals surface area contributed by atoms with Crippen molar-refractivity contribution in [2.45, 2.75) is 18.9 Å². The highest BCUT2D eigenvalue weighted by Crippen LogP contribution is 2.19. The summed E-state index contributed by atoms with van der Waals surface area (Å²) < 4.78 is 5.59. The molecule has 1 aromatic rings. The zero-order chi connectivity index (χ0) is 9.15. The molecule has 0 amide bonds. The highest BCUT2D eigenvalue weighted by Gasteiger charge is 2.31. The maximum absolute atomic E-state index is 5.59. The molecular formula is C10H14N2O. The summed E-state index contributed by atoms with van der Waals surface area (Å²) in [5.74, 6) is 0.845. The summed E-state index contributed by atoms with van der Waals surface area (Å²) in [6.07, 6.45) is 4.67. The fourth-order valence-electron chi connectivity index (χ4n) is 1.35. The van der Waals surface area contributed by atoms with Gasteiger partial charge in [0.05, 0.1) is 11.7 Å². The molecule has 1 aliphatic rings. The molecule has 0 spiro atoms. The predicted molar refractivity (Wildman–Crippen MR) is 50.8 cm³/mol. The van der Waals surface area contributed by atoms with Crippen molar-refractivity contribution in [3.05, 3.63) is 24.5 Å². The maximum Gasteiger partial charge on any atom is 0.137 e.